The molecular weight excluding hydrogens is 302 g/mol. The number of rotatable bonds is 4. The van der Waals surface area contributed by atoms with E-state index in [1.165, 1.54) is 0 Å². The number of amides is 2. The molecule has 1 aromatic carbocycles. The number of carbonyl (C=O) groups excluding carboxylic acids is 1. The number of aryl methyl sites for hydroxylation is 1. The van der Waals surface area contributed by atoms with Crippen LogP contribution in [-0.2, 0) is 19.5 Å². The van der Waals surface area contributed by atoms with Crippen LogP contribution in [0.1, 0.15) is 50.4 Å². The van der Waals surface area contributed by atoms with Gasteiger partial charge in [0.2, 0.25) is 0 Å². The standard InChI is InChI=1S/C18H25N5O/c1-18(2,3)16(13-8-5-4-6-9-13)20-17(24)19-12-15-22-21-14-10-7-11-23(14)15/h4-6,8-9,16H,7,10-12H2,1-3H3,(H2,19,20,24)/t16-/m0/s1. The summed E-state index contributed by atoms with van der Waals surface area (Å²) in [5.41, 5.74) is 1.01. The third-order valence-electron chi connectivity index (χ3n) is 4.37. The number of nitrogens with zero attached hydrogens (tertiary/aromatic N) is 3. The van der Waals surface area contributed by atoms with Gasteiger partial charge in [-0.3, -0.25) is 0 Å². The van der Waals surface area contributed by atoms with Crippen molar-refractivity contribution in [1.29, 1.82) is 0 Å². The molecule has 128 valence electrons. The highest BCUT2D eigenvalue weighted by Gasteiger charge is 2.28. The van der Waals surface area contributed by atoms with Crippen molar-refractivity contribution in [3.8, 4) is 0 Å². The van der Waals surface area contributed by atoms with Gasteiger partial charge in [-0.2, -0.15) is 0 Å². The predicted molar refractivity (Wildman–Crippen MR) is 92.4 cm³/mol. The van der Waals surface area contributed by atoms with E-state index in [0.29, 0.717) is 6.54 Å². The molecule has 6 nitrogen and oxygen atoms in total. The molecule has 1 aromatic heterocycles. The Balaban J connectivity index is 1.63. The Bertz CT molecular complexity index is 702. The van der Waals surface area contributed by atoms with Crippen molar-refractivity contribution in [3.63, 3.8) is 0 Å². The Hall–Kier alpha value is -2.37. The molecule has 1 atom stereocenters. The molecule has 0 spiro atoms. The molecule has 1 aliphatic heterocycles. The normalized spacial score (nSPS) is 15.0. The molecule has 0 radical (unpaired) electrons. The maximum absolute atomic E-state index is 12.4. The van der Waals surface area contributed by atoms with Crippen LogP contribution >= 0.6 is 0 Å². The van der Waals surface area contributed by atoms with E-state index < -0.39 is 0 Å². The number of benzene rings is 1. The van der Waals surface area contributed by atoms with E-state index in [2.05, 4.69) is 46.2 Å². The van der Waals surface area contributed by atoms with E-state index in [-0.39, 0.29) is 17.5 Å². The summed E-state index contributed by atoms with van der Waals surface area (Å²) in [5.74, 6) is 1.84. The van der Waals surface area contributed by atoms with Crippen molar-refractivity contribution in [3.05, 3.63) is 47.5 Å². The minimum Gasteiger partial charge on any atom is -0.331 e. The fourth-order valence-corrected chi connectivity index (χ4v) is 3.13. The molecule has 2 amide bonds. The zero-order valence-electron chi connectivity index (χ0n) is 14.5. The van der Waals surface area contributed by atoms with E-state index in [0.717, 1.165) is 36.6 Å². The Morgan fingerprint density at radius 3 is 2.71 bits per heavy atom. The fraction of sp³-hybridized carbons (Fsp3) is 0.500. The largest absolute Gasteiger partial charge is 0.331 e. The summed E-state index contributed by atoms with van der Waals surface area (Å²) in [6.07, 6.45) is 2.07. The highest BCUT2D eigenvalue weighted by atomic mass is 16.2. The second kappa shape index (κ2) is 6.63. The molecule has 0 unspecified atom stereocenters. The van der Waals surface area contributed by atoms with Crippen LogP contribution in [0.15, 0.2) is 30.3 Å². The van der Waals surface area contributed by atoms with Gasteiger partial charge in [0.25, 0.3) is 0 Å². The number of aromatic nitrogens is 3. The summed E-state index contributed by atoms with van der Waals surface area (Å²) in [5, 5.41) is 14.3. The van der Waals surface area contributed by atoms with Crippen molar-refractivity contribution in [2.45, 2.75) is 52.7 Å². The summed E-state index contributed by atoms with van der Waals surface area (Å²) >= 11 is 0. The first-order chi connectivity index (χ1) is 11.4. The van der Waals surface area contributed by atoms with Crippen LogP contribution in [0.3, 0.4) is 0 Å². The summed E-state index contributed by atoms with van der Waals surface area (Å²) in [4.78, 5) is 12.4. The fourth-order valence-electron chi connectivity index (χ4n) is 3.13. The third-order valence-corrected chi connectivity index (χ3v) is 4.37. The summed E-state index contributed by atoms with van der Waals surface area (Å²) in [6.45, 7) is 7.70. The van der Waals surface area contributed by atoms with Crippen molar-refractivity contribution in [2.24, 2.45) is 5.41 Å². The van der Waals surface area contributed by atoms with Crippen molar-refractivity contribution in [1.82, 2.24) is 25.4 Å². The van der Waals surface area contributed by atoms with E-state index in [9.17, 15) is 4.79 Å². The van der Waals surface area contributed by atoms with Gasteiger partial charge in [0.15, 0.2) is 5.82 Å². The van der Waals surface area contributed by atoms with E-state index in [1.807, 2.05) is 30.3 Å². The van der Waals surface area contributed by atoms with Crippen LogP contribution < -0.4 is 10.6 Å². The monoisotopic (exact) mass is 327 g/mol. The Kier molecular flexibility index (Phi) is 4.55. The molecule has 0 aliphatic carbocycles. The molecule has 2 aromatic rings. The van der Waals surface area contributed by atoms with E-state index in [4.69, 9.17) is 0 Å². The van der Waals surface area contributed by atoms with Crippen LogP contribution in [0.2, 0.25) is 0 Å². The third kappa shape index (κ3) is 3.58. The lowest BCUT2D eigenvalue weighted by molar-refractivity contribution is 0.218. The molecule has 24 heavy (non-hydrogen) atoms. The van der Waals surface area contributed by atoms with Gasteiger partial charge in [-0.25, -0.2) is 4.79 Å². The predicted octanol–water partition coefficient (Wildman–Crippen LogP) is 2.81. The number of nitrogens with one attached hydrogen (secondary N) is 2. The quantitative estimate of drug-likeness (QED) is 0.907. The SMILES string of the molecule is CC(C)(C)[C@@H](NC(=O)NCc1nnc2n1CCC2)c1ccccc1. The lowest BCUT2D eigenvalue weighted by Gasteiger charge is -2.32. The topological polar surface area (TPSA) is 71.8 Å². The summed E-state index contributed by atoms with van der Waals surface area (Å²) in [7, 11) is 0. The molecule has 6 heteroatoms. The number of hydrogen-bond acceptors (Lipinski definition) is 3. The Morgan fingerprint density at radius 2 is 2.00 bits per heavy atom. The van der Waals surface area contributed by atoms with Gasteiger partial charge in [-0.15, -0.1) is 10.2 Å². The lowest BCUT2D eigenvalue weighted by atomic mass is 9.82. The van der Waals surface area contributed by atoms with Gasteiger partial charge in [0.05, 0.1) is 12.6 Å². The Morgan fingerprint density at radius 1 is 1.25 bits per heavy atom. The zero-order chi connectivity index (χ0) is 17.2. The van der Waals surface area contributed by atoms with Gasteiger partial charge in [-0.05, 0) is 17.4 Å². The van der Waals surface area contributed by atoms with Gasteiger partial charge >= 0.3 is 6.03 Å². The molecule has 0 bridgehead atoms. The molecule has 1 aliphatic rings. The van der Waals surface area contributed by atoms with Gasteiger partial charge in [-0.1, -0.05) is 51.1 Å². The highest BCUT2D eigenvalue weighted by molar-refractivity contribution is 5.74. The maximum atomic E-state index is 12.4. The van der Waals surface area contributed by atoms with E-state index in [1.54, 1.807) is 0 Å². The molecule has 0 saturated heterocycles. The molecular formula is C18H25N5O. The van der Waals surface area contributed by atoms with Gasteiger partial charge < -0.3 is 15.2 Å². The first-order valence-corrected chi connectivity index (χ1v) is 8.45. The zero-order valence-corrected chi connectivity index (χ0v) is 14.5. The highest BCUT2D eigenvalue weighted by Crippen LogP contribution is 2.32. The van der Waals surface area contributed by atoms with Crippen LogP contribution in [0, 0.1) is 5.41 Å². The molecule has 0 saturated carbocycles. The van der Waals surface area contributed by atoms with Crippen molar-refractivity contribution < 1.29 is 4.79 Å². The summed E-state index contributed by atoms with van der Waals surface area (Å²) in [6, 6.07) is 9.80. The average Bonchev–Trinajstić information content (AvgIpc) is 3.14. The second-order valence-electron chi connectivity index (χ2n) is 7.32. The maximum Gasteiger partial charge on any atom is 0.315 e. The first-order valence-electron chi connectivity index (χ1n) is 8.45. The van der Waals surface area contributed by atoms with Gasteiger partial charge in [0.1, 0.15) is 5.82 Å². The van der Waals surface area contributed by atoms with Crippen LogP contribution in [0.4, 0.5) is 4.79 Å². The van der Waals surface area contributed by atoms with Crippen molar-refractivity contribution >= 4 is 6.03 Å². The average molecular weight is 327 g/mol. The smallest absolute Gasteiger partial charge is 0.315 e. The molecule has 2 heterocycles. The number of urea groups is 1. The van der Waals surface area contributed by atoms with Gasteiger partial charge in [0, 0.05) is 13.0 Å². The van der Waals surface area contributed by atoms with Crippen LogP contribution in [-0.4, -0.2) is 20.8 Å². The van der Waals surface area contributed by atoms with Crippen LogP contribution in [0.5, 0.6) is 0 Å². The number of hydrogen-bond donors (Lipinski definition) is 2. The minimum atomic E-state index is -0.186. The summed E-state index contributed by atoms with van der Waals surface area (Å²) < 4.78 is 2.10. The first kappa shape index (κ1) is 16.5. The molecule has 0 fully saturated rings. The van der Waals surface area contributed by atoms with Crippen LogP contribution in [0.25, 0.3) is 0 Å². The Labute approximate surface area is 142 Å². The van der Waals surface area contributed by atoms with E-state index >= 15 is 0 Å². The lowest BCUT2D eigenvalue weighted by Crippen LogP contribution is -2.42. The number of fused-ring (bicyclic) bond motifs is 1. The molecule has 3 rings (SSSR count). The second-order valence-corrected chi connectivity index (χ2v) is 7.32. The number of carbonyl (C=O) groups is 1. The minimum absolute atomic E-state index is 0.0668. The van der Waals surface area contributed by atoms with Crippen molar-refractivity contribution in [2.75, 3.05) is 0 Å². The molecule has 2 N–H and O–H groups in total.